The van der Waals surface area contributed by atoms with E-state index in [1.54, 1.807) is 24.0 Å². The molecule has 37 heavy (non-hydrogen) atoms. The van der Waals surface area contributed by atoms with Crippen LogP contribution in [0.2, 0.25) is 0 Å². The van der Waals surface area contributed by atoms with Crippen LogP contribution in [0.25, 0.3) is 0 Å². The van der Waals surface area contributed by atoms with Crippen LogP contribution >= 0.6 is 90.4 Å². The number of phenolic OH excluding ortho intramolecular Hbond substituents is 1. The van der Waals surface area contributed by atoms with Gasteiger partial charge in [0.25, 0.3) is 0 Å². The zero-order chi connectivity index (χ0) is 28.1. The minimum Gasteiger partial charge on any atom is -0.506 e. The van der Waals surface area contributed by atoms with Crippen LogP contribution in [-0.4, -0.2) is 52.6 Å². The van der Waals surface area contributed by atoms with Crippen molar-refractivity contribution >= 4 is 108 Å². The van der Waals surface area contributed by atoms with Crippen molar-refractivity contribution in [3.05, 3.63) is 44.1 Å². The highest BCUT2D eigenvalue weighted by Gasteiger charge is 2.37. The Labute approximate surface area is 271 Å². The first-order valence-electron chi connectivity index (χ1n) is 11.1. The lowest BCUT2D eigenvalue weighted by Gasteiger charge is -2.39. The Morgan fingerprint density at radius 3 is 1.97 bits per heavy atom. The van der Waals surface area contributed by atoms with Crippen molar-refractivity contribution in [1.82, 2.24) is 4.90 Å². The first kappa shape index (κ1) is 32.7. The van der Waals surface area contributed by atoms with Gasteiger partial charge in [-0.05, 0) is 154 Å². The van der Waals surface area contributed by atoms with E-state index in [-0.39, 0.29) is 25.3 Å². The Kier molecular flexibility index (Phi) is 12.6. The standard InChI is InChI=1S/C25H27I4NO7/c1-6-35-21(32)12-30(25(3,4)5)20(24(34)36-13(2)31)9-14-7-18(28)23(19(29)8-14)37-15-10-16(26)22(33)17(27)11-15/h7-8,10-11,20,33H,6,9,12H2,1-5H3/t20-/m0/s1. The van der Waals surface area contributed by atoms with E-state index < -0.39 is 29.5 Å². The third kappa shape index (κ3) is 9.59. The summed E-state index contributed by atoms with van der Waals surface area (Å²) in [5.41, 5.74) is 0.198. The van der Waals surface area contributed by atoms with Crippen molar-refractivity contribution in [1.29, 1.82) is 0 Å². The molecule has 0 radical (unpaired) electrons. The molecule has 0 spiro atoms. The number of aromatic hydroxyl groups is 1. The lowest BCUT2D eigenvalue weighted by atomic mass is 9.97. The maximum atomic E-state index is 13.1. The molecular weight excluding hydrogens is 934 g/mol. The summed E-state index contributed by atoms with van der Waals surface area (Å²) >= 11 is 8.44. The van der Waals surface area contributed by atoms with E-state index in [0.717, 1.165) is 12.7 Å². The van der Waals surface area contributed by atoms with Gasteiger partial charge in [0.15, 0.2) is 5.75 Å². The fourth-order valence-electron chi connectivity index (χ4n) is 3.46. The Morgan fingerprint density at radius 1 is 0.973 bits per heavy atom. The Hall–Kier alpha value is -0.470. The van der Waals surface area contributed by atoms with Crippen LogP contribution in [0, 0.1) is 14.3 Å². The van der Waals surface area contributed by atoms with Gasteiger partial charge in [-0.2, -0.15) is 0 Å². The number of hydrogen-bond acceptors (Lipinski definition) is 8. The van der Waals surface area contributed by atoms with Crippen LogP contribution in [0.1, 0.15) is 40.2 Å². The second kappa shape index (κ2) is 14.2. The van der Waals surface area contributed by atoms with Crippen molar-refractivity contribution in [2.45, 2.75) is 52.6 Å². The van der Waals surface area contributed by atoms with E-state index in [2.05, 4.69) is 90.4 Å². The maximum Gasteiger partial charge on any atom is 0.331 e. The van der Waals surface area contributed by atoms with Crippen molar-refractivity contribution in [2.75, 3.05) is 13.2 Å². The molecule has 2 aromatic carbocycles. The fourth-order valence-corrected chi connectivity index (χ4v) is 7.29. The molecule has 8 nitrogen and oxygen atoms in total. The van der Waals surface area contributed by atoms with Crippen LogP contribution in [0.15, 0.2) is 24.3 Å². The number of ether oxygens (including phenoxy) is 3. The molecule has 0 heterocycles. The SMILES string of the molecule is CCOC(=O)CN([C@@H](Cc1cc(I)c(Oc2cc(I)c(O)c(I)c2)c(I)c1)C(=O)OC(C)=O)C(C)(C)C. The predicted molar refractivity (Wildman–Crippen MR) is 173 cm³/mol. The number of hydrogen-bond donors (Lipinski definition) is 1. The molecule has 0 aromatic heterocycles. The van der Waals surface area contributed by atoms with E-state index in [1.165, 1.54) is 6.92 Å². The predicted octanol–water partition coefficient (Wildman–Crippen LogP) is 6.27. The molecule has 0 aliphatic heterocycles. The smallest absolute Gasteiger partial charge is 0.331 e. The number of phenols is 1. The van der Waals surface area contributed by atoms with Gasteiger partial charge in [-0.25, -0.2) is 4.79 Å². The number of esters is 3. The normalized spacial score (nSPS) is 12.3. The summed E-state index contributed by atoms with van der Waals surface area (Å²) in [6.07, 6.45) is 0.198. The summed E-state index contributed by atoms with van der Waals surface area (Å²) < 4.78 is 19.2. The number of rotatable bonds is 9. The van der Waals surface area contributed by atoms with Gasteiger partial charge in [0, 0.05) is 12.5 Å². The maximum absolute atomic E-state index is 13.1. The van der Waals surface area contributed by atoms with Gasteiger partial charge in [-0.15, -0.1) is 0 Å². The largest absolute Gasteiger partial charge is 0.506 e. The molecule has 0 fully saturated rings. The molecule has 202 valence electrons. The third-order valence-electron chi connectivity index (χ3n) is 5.06. The molecule has 12 heteroatoms. The summed E-state index contributed by atoms with van der Waals surface area (Å²) in [4.78, 5) is 38.8. The molecule has 0 saturated carbocycles. The lowest BCUT2D eigenvalue weighted by Crippen LogP contribution is -2.55. The van der Waals surface area contributed by atoms with Gasteiger partial charge in [-0.3, -0.25) is 14.5 Å². The monoisotopic (exact) mass is 961 g/mol. The highest BCUT2D eigenvalue weighted by Crippen LogP contribution is 2.37. The van der Waals surface area contributed by atoms with Crippen LogP contribution in [0.3, 0.4) is 0 Å². The summed E-state index contributed by atoms with van der Waals surface area (Å²) in [6, 6.07) is 6.39. The Balaban J connectivity index is 2.44. The van der Waals surface area contributed by atoms with Gasteiger partial charge < -0.3 is 19.3 Å². The molecule has 2 aromatic rings. The summed E-state index contributed by atoms with van der Waals surface area (Å²) in [6.45, 7) is 8.61. The fraction of sp³-hybridized carbons (Fsp3) is 0.400. The van der Waals surface area contributed by atoms with Gasteiger partial charge in [0.1, 0.15) is 17.5 Å². The van der Waals surface area contributed by atoms with E-state index in [4.69, 9.17) is 14.2 Å². The second-order valence-electron chi connectivity index (χ2n) is 8.96. The van der Waals surface area contributed by atoms with Crippen LogP contribution in [-0.2, 0) is 30.3 Å². The number of benzene rings is 2. The molecule has 1 atom stereocenters. The van der Waals surface area contributed by atoms with Crippen LogP contribution in [0.4, 0.5) is 0 Å². The summed E-state index contributed by atoms with van der Waals surface area (Å²) in [7, 11) is 0. The Bertz CT molecular complexity index is 1130. The van der Waals surface area contributed by atoms with Gasteiger partial charge in [0.2, 0.25) is 0 Å². The van der Waals surface area contributed by atoms with E-state index in [0.29, 0.717) is 18.6 Å². The average molecular weight is 961 g/mol. The number of carbonyl (C=O) groups is 3. The quantitative estimate of drug-likeness (QED) is 0.179. The van der Waals surface area contributed by atoms with Gasteiger partial charge >= 0.3 is 17.9 Å². The number of nitrogens with zero attached hydrogens (tertiary/aromatic N) is 1. The van der Waals surface area contributed by atoms with E-state index in [9.17, 15) is 19.5 Å². The third-order valence-corrected chi connectivity index (χ3v) is 8.30. The number of carbonyl (C=O) groups excluding carboxylic acids is 3. The Morgan fingerprint density at radius 2 is 1.51 bits per heavy atom. The van der Waals surface area contributed by atoms with E-state index >= 15 is 0 Å². The molecule has 0 amide bonds. The molecule has 0 saturated heterocycles. The molecule has 0 unspecified atom stereocenters. The average Bonchev–Trinajstić information content (AvgIpc) is 2.75. The highest BCUT2D eigenvalue weighted by atomic mass is 127. The van der Waals surface area contributed by atoms with Crippen LogP contribution in [0.5, 0.6) is 17.2 Å². The van der Waals surface area contributed by atoms with Gasteiger partial charge in [-0.1, -0.05) is 0 Å². The topological polar surface area (TPSA) is 102 Å². The highest BCUT2D eigenvalue weighted by molar-refractivity contribution is 14.1. The zero-order valence-electron chi connectivity index (χ0n) is 20.9. The zero-order valence-corrected chi connectivity index (χ0v) is 29.5. The minimum absolute atomic E-state index is 0.136. The van der Waals surface area contributed by atoms with Crippen molar-refractivity contribution < 1.29 is 33.7 Å². The molecule has 0 aliphatic rings. The number of halogens is 4. The molecular formula is C25H27I4NO7. The van der Waals surface area contributed by atoms with Crippen molar-refractivity contribution in [3.63, 3.8) is 0 Å². The van der Waals surface area contributed by atoms with E-state index in [1.807, 2.05) is 32.9 Å². The molecule has 0 aliphatic carbocycles. The van der Waals surface area contributed by atoms with Crippen LogP contribution < -0.4 is 4.74 Å². The summed E-state index contributed by atoms with van der Waals surface area (Å²) in [5.74, 6) is -0.473. The van der Waals surface area contributed by atoms with Gasteiger partial charge in [0.05, 0.1) is 27.4 Å². The van der Waals surface area contributed by atoms with Crippen molar-refractivity contribution in [3.8, 4) is 17.2 Å². The first-order chi connectivity index (χ1) is 17.1. The summed E-state index contributed by atoms with van der Waals surface area (Å²) in [5, 5.41) is 10.0. The second-order valence-corrected chi connectivity index (χ2v) is 13.6. The molecule has 2 rings (SSSR count). The first-order valence-corrected chi connectivity index (χ1v) is 15.4. The van der Waals surface area contributed by atoms with Crippen molar-refractivity contribution in [2.24, 2.45) is 0 Å². The molecule has 0 bridgehead atoms. The molecule has 1 N–H and O–H groups in total. The minimum atomic E-state index is -0.910. The lowest BCUT2D eigenvalue weighted by molar-refractivity contribution is -0.164.